The van der Waals surface area contributed by atoms with Gasteiger partial charge in [-0.2, -0.15) is 10.4 Å². The molecule has 0 aliphatic heterocycles. The van der Waals surface area contributed by atoms with Crippen molar-refractivity contribution in [1.82, 2.24) is 9.97 Å². The fourth-order valence-corrected chi connectivity index (χ4v) is 2.18. The molecule has 0 unspecified atom stereocenters. The van der Waals surface area contributed by atoms with E-state index in [4.69, 9.17) is 4.74 Å². The van der Waals surface area contributed by atoms with Crippen LogP contribution >= 0.6 is 0 Å². The van der Waals surface area contributed by atoms with Gasteiger partial charge < -0.3 is 9.72 Å². The van der Waals surface area contributed by atoms with Gasteiger partial charge in [-0.25, -0.2) is 9.78 Å². The summed E-state index contributed by atoms with van der Waals surface area (Å²) in [5, 5.41) is 13.4. The van der Waals surface area contributed by atoms with Gasteiger partial charge in [0.05, 0.1) is 29.4 Å². The van der Waals surface area contributed by atoms with Gasteiger partial charge in [0.15, 0.2) is 5.82 Å². The number of rotatable bonds is 4. The number of H-pyrrole nitrogens is 1. The van der Waals surface area contributed by atoms with E-state index < -0.39 is 5.97 Å². The summed E-state index contributed by atoms with van der Waals surface area (Å²) in [5.74, 6) is -0.141. The van der Waals surface area contributed by atoms with Crippen LogP contribution in [0.3, 0.4) is 0 Å². The number of nitrogens with zero attached hydrogens (tertiary/aromatic N) is 3. The number of aromatic amines is 1. The monoisotopic (exact) mass is 319 g/mol. The molecule has 0 aliphatic rings. The first kappa shape index (κ1) is 15.2. The third-order valence-corrected chi connectivity index (χ3v) is 3.34. The van der Waals surface area contributed by atoms with E-state index in [0.29, 0.717) is 17.1 Å². The van der Waals surface area contributed by atoms with Crippen LogP contribution in [0.15, 0.2) is 53.6 Å². The summed E-state index contributed by atoms with van der Waals surface area (Å²) in [7, 11) is 1.30. The number of fused-ring (bicyclic) bond motifs is 1. The summed E-state index contributed by atoms with van der Waals surface area (Å²) < 4.78 is 4.72. The Kier molecular flexibility index (Phi) is 4.21. The molecule has 118 valence electrons. The lowest BCUT2D eigenvalue weighted by atomic mass is 10.2. The first-order valence-electron chi connectivity index (χ1n) is 7.09. The number of para-hydroxylation sites is 3. The zero-order valence-electron chi connectivity index (χ0n) is 12.8. The molecule has 1 heterocycles. The number of carbonyl (C=O) groups excluding carboxylic acids is 1. The maximum absolute atomic E-state index is 11.7. The van der Waals surface area contributed by atoms with Crippen molar-refractivity contribution in [3.63, 3.8) is 0 Å². The SMILES string of the molecule is COC(=O)c1ccccc1N/N=C(\C#N)c1nc2ccccc2[nH]1. The van der Waals surface area contributed by atoms with Crippen molar-refractivity contribution < 1.29 is 9.53 Å². The first-order valence-corrected chi connectivity index (χ1v) is 7.09. The number of nitriles is 1. The summed E-state index contributed by atoms with van der Waals surface area (Å²) >= 11 is 0. The highest BCUT2D eigenvalue weighted by Crippen LogP contribution is 2.16. The lowest BCUT2D eigenvalue weighted by Gasteiger charge is -2.06. The minimum atomic E-state index is -0.490. The molecule has 2 N–H and O–H groups in total. The van der Waals surface area contributed by atoms with Crippen LogP contribution in [0.5, 0.6) is 0 Å². The fraction of sp³-hybridized carbons (Fsp3) is 0.0588. The van der Waals surface area contributed by atoms with E-state index in [1.165, 1.54) is 7.11 Å². The number of imidazole rings is 1. The number of hydrogen-bond donors (Lipinski definition) is 2. The predicted octanol–water partition coefficient (Wildman–Crippen LogP) is 2.69. The number of hydrogen-bond acceptors (Lipinski definition) is 6. The average molecular weight is 319 g/mol. The Labute approximate surface area is 137 Å². The Morgan fingerprint density at radius 3 is 2.75 bits per heavy atom. The van der Waals surface area contributed by atoms with Crippen LogP contribution in [-0.2, 0) is 4.74 Å². The summed E-state index contributed by atoms with van der Waals surface area (Å²) in [6.45, 7) is 0. The maximum Gasteiger partial charge on any atom is 0.340 e. The summed E-state index contributed by atoms with van der Waals surface area (Å²) in [5.41, 5.74) is 5.12. The molecule has 3 aromatic rings. The normalized spacial score (nSPS) is 11.1. The van der Waals surface area contributed by atoms with Crippen molar-refractivity contribution in [2.75, 3.05) is 12.5 Å². The molecular weight excluding hydrogens is 306 g/mol. The molecule has 0 atom stereocenters. The van der Waals surface area contributed by atoms with Gasteiger partial charge in [0, 0.05) is 0 Å². The van der Waals surface area contributed by atoms with Crippen LogP contribution in [0.2, 0.25) is 0 Å². The number of benzene rings is 2. The van der Waals surface area contributed by atoms with E-state index in [-0.39, 0.29) is 5.71 Å². The second-order valence-corrected chi connectivity index (χ2v) is 4.82. The van der Waals surface area contributed by atoms with Crippen LogP contribution in [0.1, 0.15) is 16.2 Å². The standard InChI is InChI=1S/C17H13N5O2/c1-24-17(23)11-6-2-3-7-12(11)21-22-15(10-18)16-19-13-8-4-5-9-14(13)20-16/h2-9,21H,1H3,(H,19,20)/b22-15+. The maximum atomic E-state index is 11.7. The molecule has 0 aliphatic carbocycles. The lowest BCUT2D eigenvalue weighted by Crippen LogP contribution is -2.08. The molecule has 7 nitrogen and oxygen atoms in total. The van der Waals surface area contributed by atoms with Crippen molar-refractivity contribution >= 4 is 28.4 Å². The van der Waals surface area contributed by atoms with Gasteiger partial charge in [0.1, 0.15) is 6.07 Å². The largest absolute Gasteiger partial charge is 0.465 e. The molecule has 0 bridgehead atoms. The topological polar surface area (TPSA) is 103 Å². The van der Waals surface area contributed by atoms with Crippen molar-refractivity contribution in [3.05, 3.63) is 59.9 Å². The molecule has 1 aromatic heterocycles. The van der Waals surface area contributed by atoms with E-state index in [1.807, 2.05) is 30.3 Å². The minimum Gasteiger partial charge on any atom is -0.465 e. The van der Waals surface area contributed by atoms with E-state index in [2.05, 4.69) is 20.5 Å². The van der Waals surface area contributed by atoms with Crippen LogP contribution in [0.25, 0.3) is 11.0 Å². The number of nitrogens with one attached hydrogen (secondary N) is 2. The Balaban J connectivity index is 1.92. The molecular formula is C17H13N5O2. The average Bonchev–Trinajstić information content (AvgIpc) is 3.06. The van der Waals surface area contributed by atoms with E-state index in [0.717, 1.165) is 11.0 Å². The zero-order chi connectivity index (χ0) is 16.9. The zero-order valence-corrected chi connectivity index (χ0v) is 12.8. The number of hydrazone groups is 1. The van der Waals surface area contributed by atoms with Gasteiger partial charge in [-0.15, -0.1) is 0 Å². The Bertz CT molecular complexity index is 935. The van der Waals surface area contributed by atoms with E-state index in [9.17, 15) is 10.1 Å². The van der Waals surface area contributed by atoms with Gasteiger partial charge in [-0.3, -0.25) is 5.43 Å². The van der Waals surface area contributed by atoms with Gasteiger partial charge >= 0.3 is 5.97 Å². The molecule has 0 fully saturated rings. The van der Waals surface area contributed by atoms with Crippen molar-refractivity contribution in [3.8, 4) is 6.07 Å². The summed E-state index contributed by atoms with van der Waals surface area (Å²) in [6.07, 6.45) is 0. The highest BCUT2D eigenvalue weighted by atomic mass is 16.5. The van der Waals surface area contributed by atoms with Crippen molar-refractivity contribution in [1.29, 1.82) is 5.26 Å². The number of ether oxygens (including phenoxy) is 1. The van der Waals surface area contributed by atoms with Gasteiger partial charge in [0.2, 0.25) is 5.71 Å². The molecule has 2 aromatic carbocycles. The minimum absolute atomic E-state index is 0.0749. The summed E-state index contributed by atoms with van der Waals surface area (Å²) in [4.78, 5) is 19.1. The second kappa shape index (κ2) is 6.62. The van der Waals surface area contributed by atoms with Crippen LogP contribution in [0.4, 0.5) is 5.69 Å². The first-order chi connectivity index (χ1) is 11.7. The Morgan fingerprint density at radius 1 is 1.25 bits per heavy atom. The molecule has 3 rings (SSSR count). The second-order valence-electron chi connectivity index (χ2n) is 4.82. The highest BCUT2D eigenvalue weighted by Gasteiger charge is 2.12. The Morgan fingerprint density at radius 2 is 2.00 bits per heavy atom. The van der Waals surface area contributed by atoms with E-state index in [1.54, 1.807) is 24.3 Å². The van der Waals surface area contributed by atoms with Crippen molar-refractivity contribution in [2.45, 2.75) is 0 Å². The summed E-state index contributed by atoms with van der Waals surface area (Å²) in [6, 6.07) is 16.2. The van der Waals surface area contributed by atoms with Crippen LogP contribution in [0, 0.1) is 11.3 Å². The quantitative estimate of drug-likeness (QED) is 0.437. The highest BCUT2D eigenvalue weighted by molar-refractivity contribution is 6.10. The van der Waals surface area contributed by atoms with Gasteiger partial charge in [-0.1, -0.05) is 24.3 Å². The van der Waals surface area contributed by atoms with Crippen LogP contribution < -0.4 is 5.43 Å². The van der Waals surface area contributed by atoms with Crippen LogP contribution in [-0.4, -0.2) is 28.8 Å². The molecule has 0 amide bonds. The smallest absolute Gasteiger partial charge is 0.340 e. The Hall–Kier alpha value is -3.66. The third-order valence-electron chi connectivity index (χ3n) is 3.34. The van der Waals surface area contributed by atoms with Gasteiger partial charge in [0.25, 0.3) is 0 Å². The fourth-order valence-electron chi connectivity index (χ4n) is 2.18. The third kappa shape index (κ3) is 2.94. The number of methoxy groups -OCH3 is 1. The molecule has 7 heteroatoms. The van der Waals surface area contributed by atoms with Crippen molar-refractivity contribution in [2.24, 2.45) is 5.10 Å². The van der Waals surface area contributed by atoms with E-state index >= 15 is 0 Å². The predicted molar refractivity (Wildman–Crippen MR) is 89.6 cm³/mol. The lowest BCUT2D eigenvalue weighted by molar-refractivity contribution is 0.0602. The molecule has 0 saturated carbocycles. The number of carbonyl (C=O) groups is 1. The van der Waals surface area contributed by atoms with Gasteiger partial charge in [-0.05, 0) is 24.3 Å². The number of esters is 1. The molecule has 0 spiro atoms. The molecule has 0 radical (unpaired) electrons. The molecule has 24 heavy (non-hydrogen) atoms. The molecule has 0 saturated heterocycles. The number of anilines is 1. The number of aromatic nitrogens is 2.